The third-order valence-electron chi connectivity index (χ3n) is 4.26. The molecular weight excluding hydrogens is 266 g/mol. The standard InChI is InChI=1S/C17H25NOS/c1-14-8-6-7-9-15(14)12-20-13-17(19)18(2)16-10-4-3-5-11-16/h6-9,16H,3-5,10-13H2,1-2H3. The van der Waals surface area contributed by atoms with Crippen LogP contribution in [0.4, 0.5) is 0 Å². The smallest absolute Gasteiger partial charge is 0.232 e. The number of benzene rings is 1. The van der Waals surface area contributed by atoms with Gasteiger partial charge in [0, 0.05) is 18.8 Å². The average Bonchev–Trinajstić information content (AvgIpc) is 2.49. The topological polar surface area (TPSA) is 20.3 Å². The van der Waals surface area contributed by atoms with Gasteiger partial charge >= 0.3 is 0 Å². The second-order valence-electron chi connectivity index (χ2n) is 5.72. The van der Waals surface area contributed by atoms with E-state index in [2.05, 4.69) is 31.2 Å². The molecule has 2 nitrogen and oxygen atoms in total. The van der Waals surface area contributed by atoms with E-state index in [9.17, 15) is 4.79 Å². The summed E-state index contributed by atoms with van der Waals surface area (Å²) in [5, 5.41) is 0. The van der Waals surface area contributed by atoms with Crippen molar-refractivity contribution in [3.8, 4) is 0 Å². The van der Waals surface area contributed by atoms with Crippen molar-refractivity contribution in [2.75, 3.05) is 12.8 Å². The van der Waals surface area contributed by atoms with Crippen LogP contribution < -0.4 is 0 Å². The van der Waals surface area contributed by atoms with Crippen LogP contribution in [0.1, 0.15) is 43.2 Å². The van der Waals surface area contributed by atoms with Gasteiger partial charge in [-0.3, -0.25) is 4.79 Å². The molecule has 0 aliphatic heterocycles. The Morgan fingerprint density at radius 3 is 2.65 bits per heavy atom. The van der Waals surface area contributed by atoms with Gasteiger partial charge in [0.15, 0.2) is 0 Å². The largest absolute Gasteiger partial charge is 0.342 e. The molecule has 20 heavy (non-hydrogen) atoms. The maximum Gasteiger partial charge on any atom is 0.232 e. The Hall–Kier alpha value is -0.960. The molecule has 110 valence electrons. The lowest BCUT2D eigenvalue weighted by Crippen LogP contribution is -2.39. The number of thioether (sulfide) groups is 1. The van der Waals surface area contributed by atoms with Crippen LogP contribution in [0.5, 0.6) is 0 Å². The van der Waals surface area contributed by atoms with Gasteiger partial charge in [0.2, 0.25) is 5.91 Å². The van der Waals surface area contributed by atoms with Gasteiger partial charge in [-0.05, 0) is 30.9 Å². The van der Waals surface area contributed by atoms with Gasteiger partial charge in [-0.15, -0.1) is 11.8 Å². The van der Waals surface area contributed by atoms with Gasteiger partial charge in [0.05, 0.1) is 5.75 Å². The molecule has 1 aliphatic carbocycles. The molecule has 0 spiro atoms. The summed E-state index contributed by atoms with van der Waals surface area (Å²) in [6, 6.07) is 8.89. The summed E-state index contributed by atoms with van der Waals surface area (Å²) in [6.45, 7) is 2.13. The van der Waals surface area contributed by atoms with Crippen LogP contribution in [-0.4, -0.2) is 29.6 Å². The Bertz CT molecular complexity index is 440. The lowest BCUT2D eigenvalue weighted by Gasteiger charge is -2.31. The zero-order valence-corrected chi connectivity index (χ0v) is 13.4. The Labute approximate surface area is 126 Å². The molecule has 0 N–H and O–H groups in total. The zero-order valence-electron chi connectivity index (χ0n) is 12.6. The molecule has 1 amide bonds. The first-order valence-electron chi connectivity index (χ1n) is 7.56. The lowest BCUT2D eigenvalue weighted by atomic mass is 9.94. The highest BCUT2D eigenvalue weighted by atomic mass is 32.2. The fourth-order valence-corrected chi connectivity index (χ4v) is 3.82. The fourth-order valence-electron chi connectivity index (χ4n) is 2.79. The van der Waals surface area contributed by atoms with Gasteiger partial charge in [-0.25, -0.2) is 0 Å². The van der Waals surface area contributed by atoms with Crippen LogP contribution in [0.15, 0.2) is 24.3 Å². The second-order valence-corrected chi connectivity index (χ2v) is 6.70. The van der Waals surface area contributed by atoms with Crippen LogP contribution in [0.3, 0.4) is 0 Å². The Kier molecular flexibility index (Phi) is 5.96. The summed E-state index contributed by atoms with van der Waals surface area (Å²) in [6.07, 6.45) is 6.26. The predicted octanol–water partition coefficient (Wildman–Crippen LogP) is 4.02. The van der Waals surface area contributed by atoms with E-state index in [0.29, 0.717) is 11.8 Å². The minimum Gasteiger partial charge on any atom is -0.342 e. The molecule has 2 rings (SSSR count). The van der Waals surface area contributed by atoms with Crippen molar-refractivity contribution in [3.63, 3.8) is 0 Å². The monoisotopic (exact) mass is 291 g/mol. The van der Waals surface area contributed by atoms with Crippen molar-refractivity contribution in [2.24, 2.45) is 0 Å². The molecule has 0 saturated heterocycles. The number of nitrogens with zero attached hydrogens (tertiary/aromatic N) is 1. The van der Waals surface area contributed by atoms with Crippen LogP contribution in [0.25, 0.3) is 0 Å². The molecule has 1 fully saturated rings. The number of hydrogen-bond donors (Lipinski definition) is 0. The van der Waals surface area contributed by atoms with Crippen molar-refractivity contribution in [2.45, 2.75) is 50.8 Å². The Morgan fingerprint density at radius 2 is 1.95 bits per heavy atom. The summed E-state index contributed by atoms with van der Waals surface area (Å²) in [7, 11) is 1.98. The predicted molar refractivity (Wildman–Crippen MR) is 87.0 cm³/mol. The van der Waals surface area contributed by atoms with Gasteiger partial charge in [-0.2, -0.15) is 0 Å². The SMILES string of the molecule is Cc1ccccc1CSCC(=O)N(C)C1CCCCC1. The van der Waals surface area contributed by atoms with E-state index in [1.807, 2.05) is 11.9 Å². The van der Waals surface area contributed by atoms with Crippen molar-refractivity contribution < 1.29 is 4.79 Å². The minimum absolute atomic E-state index is 0.287. The Morgan fingerprint density at radius 1 is 1.25 bits per heavy atom. The van der Waals surface area contributed by atoms with Crippen LogP contribution in [0.2, 0.25) is 0 Å². The highest BCUT2D eigenvalue weighted by molar-refractivity contribution is 7.99. The third kappa shape index (κ3) is 4.27. The minimum atomic E-state index is 0.287. The van der Waals surface area contributed by atoms with E-state index in [0.717, 1.165) is 5.75 Å². The van der Waals surface area contributed by atoms with E-state index < -0.39 is 0 Å². The molecule has 0 atom stereocenters. The average molecular weight is 291 g/mol. The summed E-state index contributed by atoms with van der Waals surface area (Å²) in [5.41, 5.74) is 2.65. The summed E-state index contributed by atoms with van der Waals surface area (Å²) >= 11 is 1.73. The highest BCUT2D eigenvalue weighted by Crippen LogP contribution is 2.23. The number of amides is 1. The molecule has 1 saturated carbocycles. The quantitative estimate of drug-likeness (QED) is 0.816. The number of hydrogen-bond acceptors (Lipinski definition) is 2. The number of carbonyl (C=O) groups excluding carboxylic acids is 1. The van der Waals surface area contributed by atoms with Crippen molar-refractivity contribution in [3.05, 3.63) is 35.4 Å². The summed E-state index contributed by atoms with van der Waals surface area (Å²) in [5.74, 6) is 1.81. The lowest BCUT2D eigenvalue weighted by molar-refractivity contribution is -0.129. The van der Waals surface area contributed by atoms with Gasteiger partial charge in [0.1, 0.15) is 0 Å². The summed E-state index contributed by atoms with van der Waals surface area (Å²) in [4.78, 5) is 14.2. The van der Waals surface area contributed by atoms with E-state index in [1.54, 1.807) is 11.8 Å². The molecule has 1 aliphatic rings. The first kappa shape index (κ1) is 15.4. The molecule has 0 unspecified atom stereocenters. The zero-order chi connectivity index (χ0) is 14.4. The molecule has 1 aromatic rings. The molecular formula is C17H25NOS. The van der Waals surface area contributed by atoms with Crippen LogP contribution >= 0.6 is 11.8 Å². The van der Waals surface area contributed by atoms with Crippen molar-refractivity contribution in [1.82, 2.24) is 4.90 Å². The van der Waals surface area contributed by atoms with E-state index in [-0.39, 0.29) is 5.91 Å². The van der Waals surface area contributed by atoms with Crippen LogP contribution in [-0.2, 0) is 10.5 Å². The van der Waals surface area contributed by atoms with Crippen molar-refractivity contribution >= 4 is 17.7 Å². The van der Waals surface area contributed by atoms with Gasteiger partial charge < -0.3 is 4.90 Å². The maximum absolute atomic E-state index is 12.2. The third-order valence-corrected chi connectivity index (χ3v) is 5.23. The normalized spacial score (nSPS) is 16.1. The molecule has 0 radical (unpaired) electrons. The molecule has 1 aromatic carbocycles. The van der Waals surface area contributed by atoms with E-state index >= 15 is 0 Å². The van der Waals surface area contributed by atoms with E-state index in [4.69, 9.17) is 0 Å². The molecule has 0 aromatic heterocycles. The van der Waals surface area contributed by atoms with Gasteiger partial charge in [0.25, 0.3) is 0 Å². The first-order chi connectivity index (χ1) is 9.68. The van der Waals surface area contributed by atoms with Crippen molar-refractivity contribution in [1.29, 1.82) is 0 Å². The van der Waals surface area contributed by atoms with Gasteiger partial charge in [-0.1, -0.05) is 43.5 Å². The number of rotatable bonds is 5. The maximum atomic E-state index is 12.2. The summed E-state index contributed by atoms with van der Waals surface area (Å²) < 4.78 is 0. The van der Waals surface area contributed by atoms with E-state index in [1.165, 1.54) is 43.2 Å². The molecule has 0 bridgehead atoms. The number of aryl methyl sites for hydroxylation is 1. The molecule has 3 heteroatoms. The molecule has 0 heterocycles. The number of carbonyl (C=O) groups is 1. The second kappa shape index (κ2) is 7.72. The first-order valence-corrected chi connectivity index (χ1v) is 8.72. The van der Waals surface area contributed by atoms with Crippen LogP contribution in [0, 0.1) is 6.92 Å². The highest BCUT2D eigenvalue weighted by Gasteiger charge is 2.21. The Balaban J connectivity index is 1.76. The fraction of sp³-hybridized carbons (Fsp3) is 0.588.